The van der Waals surface area contributed by atoms with E-state index in [1.807, 2.05) is 6.92 Å². The van der Waals surface area contributed by atoms with E-state index in [0.29, 0.717) is 13.2 Å². The predicted octanol–water partition coefficient (Wildman–Crippen LogP) is 0.789. The van der Waals surface area contributed by atoms with Gasteiger partial charge >= 0.3 is 0 Å². The topological polar surface area (TPSA) is 48.1 Å². The van der Waals surface area contributed by atoms with Gasteiger partial charge in [-0.15, -0.1) is 0 Å². The molecule has 2 N–H and O–H groups in total. The van der Waals surface area contributed by atoms with Crippen molar-refractivity contribution >= 4 is 11.3 Å². The maximum Gasteiger partial charge on any atom is 0.194 e. The van der Waals surface area contributed by atoms with Gasteiger partial charge in [-0.2, -0.15) is 0 Å². The van der Waals surface area contributed by atoms with Gasteiger partial charge in [0.05, 0.1) is 11.2 Å². The van der Waals surface area contributed by atoms with Crippen LogP contribution in [0.2, 0.25) is 0 Å². The molecule has 0 atom stereocenters. The van der Waals surface area contributed by atoms with Gasteiger partial charge in [-0.25, -0.2) is 4.98 Å². The Hall–Kier alpha value is -0.610. The summed E-state index contributed by atoms with van der Waals surface area (Å²) in [6.45, 7) is 3.07. The first-order chi connectivity index (χ1) is 4.83. The van der Waals surface area contributed by atoms with Gasteiger partial charge in [0, 0.05) is 6.54 Å². The molecule has 0 saturated heterocycles. The van der Waals surface area contributed by atoms with Gasteiger partial charge in [-0.1, -0.05) is 11.3 Å². The van der Waals surface area contributed by atoms with Gasteiger partial charge in [-0.05, 0) is 6.92 Å². The molecule has 0 spiro atoms. The van der Waals surface area contributed by atoms with Crippen molar-refractivity contribution in [2.45, 2.75) is 6.92 Å². The molecule has 0 aliphatic rings. The minimum atomic E-state index is 0.553. The van der Waals surface area contributed by atoms with E-state index in [0.717, 1.165) is 10.1 Å². The number of rotatable bonds is 3. The molecule has 0 aliphatic heterocycles. The van der Waals surface area contributed by atoms with E-state index in [1.54, 1.807) is 6.20 Å². The van der Waals surface area contributed by atoms with Crippen LogP contribution in [0.4, 0.5) is 0 Å². The van der Waals surface area contributed by atoms with Crippen molar-refractivity contribution in [2.24, 2.45) is 5.73 Å². The fraction of sp³-hybridized carbons (Fsp3) is 0.500. The largest absolute Gasteiger partial charge is 0.481 e. The molecule has 0 aromatic carbocycles. The Bertz CT molecular complexity index is 199. The lowest BCUT2D eigenvalue weighted by atomic mass is 10.7. The van der Waals surface area contributed by atoms with Crippen molar-refractivity contribution in [3.05, 3.63) is 11.2 Å². The fourth-order valence-electron chi connectivity index (χ4n) is 0.568. The first-order valence-corrected chi connectivity index (χ1v) is 3.90. The quantitative estimate of drug-likeness (QED) is 0.707. The molecule has 1 rings (SSSR count). The Kier molecular flexibility index (Phi) is 2.65. The minimum absolute atomic E-state index is 0.553. The van der Waals surface area contributed by atoms with E-state index in [4.69, 9.17) is 10.5 Å². The molecule has 0 radical (unpaired) electrons. The molecule has 1 heterocycles. The number of hydrogen-bond donors (Lipinski definition) is 1. The number of thiazole rings is 1. The Morgan fingerprint density at radius 1 is 1.80 bits per heavy atom. The van der Waals surface area contributed by atoms with Crippen molar-refractivity contribution in [1.82, 2.24) is 4.98 Å². The SMILES string of the molecule is Cc1ncc(OCCN)s1. The van der Waals surface area contributed by atoms with Crippen LogP contribution in [-0.4, -0.2) is 18.1 Å². The summed E-state index contributed by atoms with van der Waals surface area (Å²) < 4.78 is 5.21. The molecule has 0 bridgehead atoms. The molecule has 3 nitrogen and oxygen atoms in total. The fourth-order valence-corrected chi connectivity index (χ4v) is 1.21. The van der Waals surface area contributed by atoms with E-state index in [2.05, 4.69) is 4.98 Å². The van der Waals surface area contributed by atoms with E-state index in [-0.39, 0.29) is 0 Å². The van der Waals surface area contributed by atoms with Crippen LogP contribution in [0.25, 0.3) is 0 Å². The van der Waals surface area contributed by atoms with E-state index < -0.39 is 0 Å². The normalized spacial score (nSPS) is 9.80. The lowest BCUT2D eigenvalue weighted by Gasteiger charge is -1.96. The van der Waals surface area contributed by atoms with Crippen LogP contribution in [0.1, 0.15) is 5.01 Å². The average Bonchev–Trinajstić information content (AvgIpc) is 2.31. The second kappa shape index (κ2) is 3.53. The second-order valence-electron chi connectivity index (χ2n) is 1.84. The van der Waals surface area contributed by atoms with Crippen molar-refractivity contribution < 1.29 is 4.74 Å². The first-order valence-electron chi connectivity index (χ1n) is 3.08. The van der Waals surface area contributed by atoms with Crippen molar-refractivity contribution in [3.63, 3.8) is 0 Å². The lowest BCUT2D eigenvalue weighted by molar-refractivity contribution is 0.337. The van der Waals surface area contributed by atoms with Gasteiger partial charge in [0.25, 0.3) is 0 Å². The Labute approximate surface area is 63.8 Å². The minimum Gasteiger partial charge on any atom is -0.481 e. The van der Waals surface area contributed by atoms with Gasteiger partial charge in [-0.3, -0.25) is 0 Å². The summed E-state index contributed by atoms with van der Waals surface area (Å²) in [6.07, 6.45) is 1.72. The predicted molar refractivity (Wildman–Crippen MR) is 41.4 cm³/mol. The molecule has 0 unspecified atom stereocenters. The van der Waals surface area contributed by atoms with Gasteiger partial charge in [0.2, 0.25) is 0 Å². The summed E-state index contributed by atoms with van der Waals surface area (Å²) in [6, 6.07) is 0. The smallest absolute Gasteiger partial charge is 0.194 e. The number of nitrogens with zero attached hydrogens (tertiary/aromatic N) is 1. The molecule has 56 valence electrons. The van der Waals surface area contributed by atoms with Crippen LogP contribution in [0, 0.1) is 6.92 Å². The van der Waals surface area contributed by atoms with E-state index in [9.17, 15) is 0 Å². The van der Waals surface area contributed by atoms with Crippen LogP contribution >= 0.6 is 11.3 Å². The van der Waals surface area contributed by atoms with Crippen molar-refractivity contribution in [3.8, 4) is 5.06 Å². The molecule has 0 amide bonds. The summed E-state index contributed by atoms with van der Waals surface area (Å²) in [5.74, 6) is 0. The average molecular weight is 158 g/mol. The van der Waals surface area contributed by atoms with Gasteiger partial charge in [0.1, 0.15) is 6.61 Å². The molecule has 4 heteroatoms. The highest BCUT2D eigenvalue weighted by Gasteiger charge is 1.95. The Morgan fingerprint density at radius 3 is 3.10 bits per heavy atom. The highest BCUT2D eigenvalue weighted by Crippen LogP contribution is 2.19. The van der Waals surface area contributed by atoms with Crippen LogP contribution in [0.15, 0.2) is 6.20 Å². The summed E-state index contributed by atoms with van der Waals surface area (Å²) in [7, 11) is 0. The van der Waals surface area contributed by atoms with Crippen LogP contribution < -0.4 is 10.5 Å². The van der Waals surface area contributed by atoms with Crippen molar-refractivity contribution in [1.29, 1.82) is 0 Å². The van der Waals surface area contributed by atoms with Gasteiger partial charge < -0.3 is 10.5 Å². The standard InChI is InChI=1S/C6H10N2OS/c1-5-8-4-6(10-5)9-3-2-7/h4H,2-3,7H2,1H3. The van der Waals surface area contributed by atoms with Crippen LogP contribution in [0.5, 0.6) is 5.06 Å². The molecule has 10 heavy (non-hydrogen) atoms. The maximum absolute atomic E-state index is 5.24. The summed E-state index contributed by atoms with van der Waals surface area (Å²) in [4.78, 5) is 4.02. The zero-order valence-electron chi connectivity index (χ0n) is 5.83. The molecule has 1 aromatic rings. The highest BCUT2D eigenvalue weighted by atomic mass is 32.1. The summed E-state index contributed by atoms with van der Waals surface area (Å²) in [5, 5.41) is 1.87. The number of ether oxygens (including phenoxy) is 1. The number of hydrogen-bond acceptors (Lipinski definition) is 4. The van der Waals surface area contributed by atoms with E-state index in [1.165, 1.54) is 11.3 Å². The monoisotopic (exact) mass is 158 g/mol. The zero-order chi connectivity index (χ0) is 7.40. The van der Waals surface area contributed by atoms with Crippen molar-refractivity contribution in [2.75, 3.05) is 13.2 Å². The third-order valence-electron chi connectivity index (χ3n) is 0.962. The van der Waals surface area contributed by atoms with Gasteiger partial charge in [0.15, 0.2) is 5.06 Å². The molecular formula is C6H10N2OS. The first kappa shape index (κ1) is 7.50. The number of aryl methyl sites for hydroxylation is 1. The summed E-state index contributed by atoms with van der Waals surface area (Å²) in [5.41, 5.74) is 5.24. The molecule has 1 aromatic heterocycles. The lowest BCUT2D eigenvalue weighted by Crippen LogP contribution is -2.09. The molecular weight excluding hydrogens is 148 g/mol. The third kappa shape index (κ3) is 1.97. The van der Waals surface area contributed by atoms with E-state index >= 15 is 0 Å². The van der Waals surface area contributed by atoms with Crippen LogP contribution in [-0.2, 0) is 0 Å². The molecule has 0 aliphatic carbocycles. The van der Waals surface area contributed by atoms with Crippen LogP contribution in [0.3, 0.4) is 0 Å². The third-order valence-corrected chi connectivity index (χ3v) is 1.79. The Morgan fingerprint density at radius 2 is 2.60 bits per heavy atom. The zero-order valence-corrected chi connectivity index (χ0v) is 6.65. The second-order valence-corrected chi connectivity index (χ2v) is 3.03. The maximum atomic E-state index is 5.24. The molecule has 0 saturated carbocycles. The number of aromatic nitrogens is 1. The number of nitrogens with two attached hydrogens (primary N) is 1. The Balaban J connectivity index is 2.42. The molecule has 0 fully saturated rings. The highest BCUT2D eigenvalue weighted by molar-refractivity contribution is 7.13. The summed E-state index contributed by atoms with van der Waals surface area (Å²) >= 11 is 1.54.